The molecular formula is C12H21NO2. The topological polar surface area (TPSA) is 40.5 Å². The molecular weight excluding hydrogens is 190 g/mol. The van der Waals surface area contributed by atoms with Gasteiger partial charge >= 0.3 is 5.97 Å². The Bertz CT molecular complexity index is 283. The van der Waals surface area contributed by atoms with E-state index in [1.807, 2.05) is 0 Å². The van der Waals surface area contributed by atoms with Crippen LogP contribution in [0, 0.1) is 11.8 Å². The smallest absolute Gasteiger partial charge is 0.331 e. The minimum Gasteiger partial charge on any atom is -0.478 e. The number of rotatable bonds is 2. The van der Waals surface area contributed by atoms with E-state index in [2.05, 4.69) is 39.3 Å². The molecule has 1 N–H and O–H groups in total. The number of likely N-dealkylation sites (tertiary alicyclic amines) is 1. The predicted octanol–water partition coefficient (Wildman–Crippen LogP) is 1.99. The third-order valence-electron chi connectivity index (χ3n) is 4.20. The molecule has 1 aliphatic rings. The fourth-order valence-corrected chi connectivity index (χ4v) is 2.35. The fourth-order valence-electron chi connectivity index (χ4n) is 2.35. The summed E-state index contributed by atoms with van der Waals surface area (Å²) in [5.74, 6) is -0.430. The van der Waals surface area contributed by atoms with Gasteiger partial charge in [0.1, 0.15) is 0 Å². The summed E-state index contributed by atoms with van der Waals surface area (Å²) in [7, 11) is 2.09. The van der Waals surface area contributed by atoms with Gasteiger partial charge in [0.15, 0.2) is 0 Å². The van der Waals surface area contributed by atoms with Gasteiger partial charge in [-0.05, 0) is 45.7 Å². The number of hydrogen-bond acceptors (Lipinski definition) is 2. The third-order valence-corrected chi connectivity index (χ3v) is 4.20. The molecule has 0 amide bonds. The van der Waals surface area contributed by atoms with Crippen LogP contribution in [0.2, 0.25) is 0 Å². The second-order valence-corrected chi connectivity index (χ2v) is 5.09. The standard InChI is InChI=1S/C12H21NO2/c1-8(11(14)15)10-6-7-13(5)12(3,4)9(10)2/h9-10H,1,6-7H2,2-5H3,(H,14,15). The molecule has 0 bridgehead atoms. The minimum absolute atomic E-state index is 0.0430. The first-order chi connectivity index (χ1) is 6.78. The van der Waals surface area contributed by atoms with E-state index in [1.54, 1.807) is 0 Å². The van der Waals surface area contributed by atoms with Crippen molar-refractivity contribution in [3.8, 4) is 0 Å². The first-order valence-corrected chi connectivity index (χ1v) is 5.41. The van der Waals surface area contributed by atoms with Crippen LogP contribution in [0.5, 0.6) is 0 Å². The molecule has 2 unspecified atom stereocenters. The van der Waals surface area contributed by atoms with Crippen molar-refractivity contribution in [3.63, 3.8) is 0 Å². The molecule has 1 saturated heterocycles. The SMILES string of the molecule is C=C(C(=O)O)C1CCN(C)C(C)(C)C1C. The van der Waals surface area contributed by atoms with Crippen LogP contribution in [0.1, 0.15) is 27.2 Å². The molecule has 0 aromatic carbocycles. The lowest BCUT2D eigenvalue weighted by Gasteiger charge is -2.49. The lowest BCUT2D eigenvalue weighted by Crippen LogP contribution is -2.54. The van der Waals surface area contributed by atoms with Gasteiger partial charge in [-0.1, -0.05) is 13.5 Å². The maximum atomic E-state index is 10.9. The Morgan fingerprint density at radius 2 is 2.07 bits per heavy atom. The Labute approximate surface area is 91.8 Å². The first kappa shape index (κ1) is 12.2. The van der Waals surface area contributed by atoms with E-state index >= 15 is 0 Å². The zero-order valence-corrected chi connectivity index (χ0v) is 10.1. The van der Waals surface area contributed by atoms with E-state index in [9.17, 15) is 4.79 Å². The van der Waals surface area contributed by atoms with Gasteiger partial charge in [0.05, 0.1) is 0 Å². The van der Waals surface area contributed by atoms with Crippen molar-refractivity contribution in [3.05, 3.63) is 12.2 Å². The van der Waals surface area contributed by atoms with Crippen molar-refractivity contribution >= 4 is 5.97 Å². The Hall–Kier alpha value is -0.830. The number of hydrogen-bond donors (Lipinski definition) is 1. The van der Waals surface area contributed by atoms with Gasteiger partial charge in [0, 0.05) is 11.1 Å². The molecule has 3 heteroatoms. The largest absolute Gasteiger partial charge is 0.478 e. The van der Waals surface area contributed by atoms with Crippen molar-refractivity contribution in [2.75, 3.05) is 13.6 Å². The fraction of sp³-hybridized carbons (Fsp3) is 0.750. The molecule has 0 radical (unpaired) electrons. The molecule has 0 aromatic rings. The average molecular weight is 211 g/mol. The number of carboxylic acids is 1. The van der Waals surface area contributed by atoms with E-state index in [-0.39, 0.29) is 11.5 Å². The summed E-state index contributed by atoms with van der Waals surface area (Å²) in [4.78, 5) is 13.2. The molecule has 0 saturated carbocycles. The number of carboxylic acid groups (broad SMARTS) is 1. The maximum Gasteiger partial charge on any atom is 0.331 e. The number of nitrogens with zero attached hydrogens (tertiary/aromatic N) is 1. The second-order valence-electron chi connectivity index (χ2n) is 5.09. The van der Waals surface area contributed by atoms with Gasteiger partial charge in [-0.2, -0.15) is 0 Å². The Balaban J connectivity index is 2.87. The number of aliphatic carboxylic acids is 1. The van der Waals surface area contributed by atoms with E-state index in [0.29, 0.717) is 11.5 Å². The van der Waals surface area contributed by atoms with Crippen LogP contribution in [0.4, 0.5) is 0 Å². The zero-order chi connectivity index (χ0) is 11.8. The second kappa shape index (κ2) is 3.97. The van der Waals surface area contributed by atoms with Crippen molar-refractivity contribution in [1.29, 1.82) is 0 Å². The summed E-state index contributed by atoms with van der Waals surface area (Å²) in [6, 6.07) is 0. The van der Waals surface area contributed by atoms with Crippen molar-refractivity contribution in [1.82, 2.24) is 4.90 Å². The predicted molar refractivity (Wildman–Crippen MR) is 60.8 cm³/mol. The van der Waals surface area contributed by atoms with Crippen LogP contribution in [-0.2, 0) is 4.79 Å². The number of piperidine rings is 1. The molecule has 86 valence electrons. The Kier molecular flexibility index (Phi) is 3.24. The summed E-state index contributed by atoms with van der Waals surface area (Å²) in [5.41, 5.74) is 0.407. The molecule has 0 aromatic heterocycles. The normalized spacial score (nSPS) is 31.2. The summed E-state index contributed by atoms with van der Waals surface area (Å²) in [6.07, 6.45) is 0.895. The molecule has 0 spiro atoms. The third kappa shape index (κ3) is 2.07. The Morgan fingerprint density at radius 3 is 2.53 bits per heavy atom. The maximum absolute atomic E-state index is 10.9. The van der Waals surface area contributed by atoms with Gasteiger partial charge in [-0.15, -0.1) is 0 Å². The highest BCUT2D eigenvalue weighted by atomic mass is 16.4. The van der Waals surface area contributed by atoms with Crippen molar-refractivity contribution in [2.45, 2.75) is 32.7 Å². The highest BCUT2D eigenvalue weighted by Gasteiger charge is 2.41. The lowest BCUT2D eigenvalue weighted by atomic mass is 9.71. The number of carbonyl (C=O) groups is 1. The molecule has 3 nitrogen and oxygen atoms in total. The first-order valence-electron chi connectivity index (χ1n) is 5.41. The molecule has 1 rings (SSSR count). The molecule has 1 heterocycles. The molecule has 1 fully saturated rings. The van der Waals surface area contributed by atoms with Crippen LogP contribution in [0.15, 0.2) is 12.2 Å². The van der Waals surface area contributed by atoms with Crippen LogP contribution >= 0.6 is 0 Å². The molecule has 1 aliphatic heterocycles. The minimum atomic E-state index is -0.854. The van der Waals surface area contributed by atoms with Gasteiger partial charge in [-0.25, -0.2) is 4.79 Å². The van der Waals surface area contributed by atoms with Crippen molar-refractivity contribution < 1.29 is 9.90 Å². The highest BCUT2D eigenvalue weighted by Crippen LogP contribution is 2.39. The van der Waals surface area contributed by atoms with E-state index in [4.69, 9.17) is 5.11 Å². The van der Waals surface area contributed by atoms with E-state index in [1.165, 1.54) is 0 Å². The van der Waals surface area contributed by atoms with Gasteiger partial charge in [0.2, 0.25) is 0 Å². The highest BCUT2D eigenvalue weighted by molar-refractivity contribution is 5.86. The summed E-state index contributed by atoms with van der Waals surface area (Å²) >= 11 is 0. The van der Waals surface area contributed by atoms with Gasteiger partial charge in [0.25, 0.3) is 0 Å². The van der Waals surface area contributed by atoms with Crippen LogP contribution in [-0.4, -0.2) is 35.1 Å². The van der Waals surface area contributed by atoms with Crippen molar-refractivity contribution in [2.24, 2.45) is 11.8 Å². The quantitative estimate of drug-likeness (QED) is 0.710. The monoisotopic (exact) mass is 211 g/mol. The van der Waals surface area contributed by atoms with Crippen LogP contribution in [0.3, 0.4) is 0 Å². The van der Waals surface area contributed by atoms with E-state index in [0.717, 1.165) is 13.0 Å². The molecule has 15 heavy (non-hydrogen) atoms. The summed E-state index contributed by atoms with van der Waals surface area (Å²) < 4.78 is 0. The molecule has 2 atom stereocenters. The van der Waals surface area contributed by atoms with Gasteiger partial charge < -0.3 is 10.0 Å². The zero-order valence-electron chi connectivity index (χ0n) is 10.1. The van der Waals surface area contributed by atoms with Crippen LogP contribution < -0.4 is 0 Å². The summed E-state index contributed by atoms with van der Waals surface area (Å²) in [6.45, 7) is 11.1. The molecule has 0 aliphatic carbocycles. The Morgan fingerprint density at radius 1 is 1.53 bits per heavy atom. The lowest BCUT2D eigenvalue weighted by molar-refractivity contribution is -0.134. The van der Waals surface area contributed by atoms with Gasteiger partial charge in [-0.3, -0.25) is 0 Å². The van der Waals surface area contributed by atoms with Crippen LogP contribution in [0.25, 0.3) is 0 Å². The summed E-state index contributed by atoms with van der Waals surface area (Å²) in [5, 5.41) is 8.97. The van der Waals surface area contributed by atoms with E-state index < -0.39 is 5.97 Å². The average Bonchev–Trinajstić information content (AvgIpc) is 2.14.